The van der Waals surface area contributed by atoms with Gasteiger partial charge in [0.1, 0.15) is 23.2 Å². The normalized spacial score (nSPS) is 10.6. The molecule has 128 valence electrons. The number of methoxy groups -OCH3 is 1. The highest BCUT2D eigenvalue weighted by Gasteiger charge is 2.13. The van der Waals surface area contributed by atoms with Crippen LogP contribution in [0.4, 0.5) is 11.4 Å². The Morgan fingerprint density at radius 3 is 2.88 bits per heavy atom. The summed E-state index contributed by atoms with van der Waals surface area (Å²) in [6.45, 7) is 0.130. The number of furan rings is 1. The van der Waals surface area contributed by atoms with Crippen LogP contribution in [0.5, 0.6) is 5.75 Å². The third-order valence-electron chi connectivity index (χ3n) is 3.13. The van der Waals surface area contributed by atoms with Gasteiger partial charge in [-0.1, -0.05) is 0 Å². The summed E-state index contributed by atoms with van der Waals surface area (Å²) in [6, 6.07) is 9.06. The van der Waals surface area contributed by atoms with Gasteiger partial charge in [-0.15, -0.1) is 0 Å². The zero-order valence-electron chi connectivity index (χ0n) is 13.2. The number of rotatable bonds is 7. The Bertz CT molecular complexity index is 837. The molecule has 2 aromatic rings. The lowest BCUT2D eigenvalue weighted by Crippen LogP contribution is -2.24. The molecule has 0 saturated carbocycles. The van der Waals surface area contributed by atoms with E-state index in [0.717, 1.165) is 6.20 Å². The van der Waals surface area contributed by atoms with E-state index in [4.69, 9.17) is 14.4 Å². The fraction of sp³-hybridized carbons (Fsp3) is 0.125. The number of nitro groups is 1. The maximum atomic E-state index is 12.0. The minimum Gasteiger partial charge on any atom is -0.495 e. The zero-order chi connectivity index (χ0) is 18.2. The van der Waals surface area contributed by atoms with Crippen molar-refractivity contribution >= 4 is 17.3 Å². The number of hydrogen-bond acceptors (Lipinski definition) is 7. The third-order valence-corrected chi connectivity index (χ3v) is 3.13. The van der Waals surface area contributed by atoms with Crippen molar-refractivity contribution in [1.29, 1.82) is 5.26 Å². The molecule has 0 atom stereocenters. The van der Waals surface area contributed by atoms with Gasteiger partial charge < -0.3 is 19.8 Å². The van der Waals surface area contributed by atoms with Crippen LogP contribution >= 0.6 is 0 Å². The molecule has 0 aliphatic heterocycles. The summed E-state index contributed by atoms with van der Waals surface area (Å²) in [5, 5.41) is 25.2. The standard InChI is InChI=1S/C16H14N4O5/c1-24-15-5-4-12(20(22)23)7-14(15)18-9-11(8-17)16(21)19-10-13-3-2-6-25-13/h2-7,9,18H,10H2,1H3,(H,19,21)/b11-9-. The van der Waals surface area contributed by atoms with Gasteiger partial charge in [0.25, 0.3) is 11.6 Å². The van der Waals surface area contributed by atoms with Crippen LogP contribution in [-0.4, -0.2) is 17.9 Å². The largest absolute Gasteiger partial charge is 0.495 e. The molecule has 25 heavy (non-hydrogen) atoms. The van der Waals surface area contributed by atoms with Crippen LogP contribution in [0.25, 0.3) is 0 Å². The van der Waals surface area contributed by atoms with Gasteiger partial charge in [0.2, 0.25) is 0 Å². The van der Waals surface area contributed by atoms with Gasteiger partial charge >= 0.3 is 0 Å². The number of hydrogen-bond donors (Lipinski definition) is 2. The summed E-state index contributed by atoms with van der Waals surface area (Å²) < 4.78 is 10.2. The number of amides is 1. The molecule has 9 nitrogen and oxygen atoms in total. The van der Waals surface area contributed by atoms with Crippen LogP contribution in [0.2, 0.25) is 0 Å². The first-order valence-electron chi connectivity index (χ1n) is 7.05. The molecule has 2 N–H and O–H groups in total. The summed E-state index contributed by atoms with van der Waals surface area (Å²) in [5.74, 6) is 0.255. The van der Waals surface area contributed by atoms with Crippen molar-refractivity contribution in [2.45, 2.75) is 6.54 Å². The van der Waals surface area contributed by atoms with Crippen molar-refractivity contribution < 1.29 is 18.9 Å². The van der Waals surface area contributed by atoms with Crippen molar-refractivity contribution in [1.82, 2.24) is 5.32 Å². The van der Waals surface area contributed by atoms with Crippen molar-refractivity contribution in [2.75, 3.05) is 12.4 Å². The van der Waals surface area contributed by atoms with E-state index in [9.17, 15) is 14.9 Å². The zero-order valence-corrected chi connectivity index (χ0v) is 13.2. The molecule has 0 fully saturated rings. The molecular weight excluding hydrogens is 328 g/mol. The number of benzene rings is 1. The monoisotopic (exact) mass is 342 g/mol. The number of ether oxygens (including phenoxy) is 1. The Labute approximate surface area is 142 Å². The van der Waals surface area contributed by atoms with Crippen LogP contribution in [-0.2, 0) is 11.3 Å². The van der Waals surface area contributed by atoms with Crippen LogP contribution < -0.4 is 15.4 Å². The van der Waals surface area contributed by atoms with Gasteiger partial charge in [-0.2, -0.15) is 5.26 Å². The smallest absolute Gasteiger partial charge is 0.271 e. The average Bonchev–Trinajstić information content (AvgIpc) is 3.13. The van der Waals surface area contributed by atoms with E-state index in [1.807, 2.05) is 0 Å². The lowest BCUT2D eigenvalue weighted by atomic mass is 10.2. The molecular formula is C16H14N4O5. The molecule has 1 heterocycles. The fourth-order valence-corrected chi connectivity index (χ4v) is 1.90. The molecule has 2 rings (SSSR count). The first kappa shape index (κ1) is 17.6. The van der Waals surface area contributed by atoms with E-state index in [1.165, 1.54) is 31.6 Å². The number of carbonyl (C=O) groups excluding carboxylic acids is 1. The van der Waals surface area contributed by atoms with E-state index in [0.29, 0.717) is 11.5 Å². The summed E-state index contributed by atoms with van der Waals surface area (Å²) >= 11 is 0. The van der Waals surface area contributed by atoms with Gasteiger partial charge in [-0.05, 0) is 18.2 Å². The second-order valence-corrected chi connectivity index (χ2v) is 4.72. The Morgan fingerprint density at radius 1 is 1.48 bits per heavy atom. The number of nitro benzene ring substituents is 1. The Morgan fingerprint density at radius 2 is 2.28 bits per heavy atom. The minimum absolute atomic E-state index is 0.130. The maximum Gasteiger partial charge on any atom is 0.271 e. The van der Waals surface area contributed by atoms with Crippen LogP contribution in [0.1, 0.15) is 5.76 Å². The first-order chi connectivity index (χ1) is 12.0. The maximum absolute atomic E-state index is 12.0. The van der Waals surface area contributed by atoms with Crippen molar-refractivity contribution in [3.63, 3.8) is 0 Å². The highest BCUT2D eigenvalue weighted by atomic mass is 16.6. The SMILES string of the molecule is COc1ccc([N+](=O)[O-])cc1N/C=C(/C#N)C(=O)NCc1ccco1. The summed E-state index contributed by atoms with van der Waals surface area (Å²) in [6.07, 6.45) is 2.62. The van der Waals surface area contributed by atoms with E-state index in [2.05, 4.69) is 10.6 Å². The number of non-ortho nitro benzene ring substituents is 1. The van der Waals surface area contributed by atoms with Crippen molar-refractivity contribution in [3.05, 3.63) is 64.2 Å². The van der Waals surface area contributed by atoms with Gasteiger partial charge in [-0.25, -0.2) is 0 Å². The molecule has 0 unspecified atom stereocenters. The minimum atomic E-state index is -0.615. The molecule has 0 aliphatic rings. The van der Waals surface area contributed by atoms with Gasteiger partial charge in [0, 0.05) is 18.3 Å². The lowest BCUT2D eigenvalue weighted by Gasteiger charge is -2.08. The van der Waals surface area contributed by atoms with Crippen LogP contribution in [0.3, 0.4) is 0 Å². The third kappa shape index (κ3) is 4.59. The molecule has 1 aromatic carbocycles. The molecule has 0 saturated heterocycles. The van der Waals surface area contributed by atoms with Gasteiger partial charge in [-0.3, -0.25) is 14.9 Å². The second kappa shape index (κ2) is 8.16. The average molecular weight is 342 g/mol. The summed E-state index contributed by atoms with van der Waals surface area (Å²) in [7, 11) is 1.40. The van der Waals surface area contributed by atoms with Crippen molar-refractivity contribution in [2.24, 2.45) is 0 Å². The summed E-state index contributed by atoms with van der Waals surface area (Å²) in [5.41, 5.74) is -0.110. The van der Waals surface area contributed by atoms with Gasteiger partial charge in [0.15, 0.2) is 0 Å². The fourth-order valence-electron chi connectivity index (χ4n) is 1.90. The molecule has 1 amide bonds. The summed E-state index contributed by atoms with van der Waals surface area (Å²) in [4.78, 5) is 22.3. The van der Waals surface area contributed by atoms with Gasteiger partial charge in [0.05, 0.1) is 30.5 Å². The predicted molar refractivity (Wildman–Crippen MR) is 87.5 cm³/mol. The number of nitriles is 1. The number of nitrogens with one attached hydrogen (secondary N) is 2. The number of carbonyl (C=O) groups is 1. The first-order valence-corrected chi connectivity index (χ1v) is 7.05. The molecule has 0 aliphatic carbocycles. The Hall–Kier alpha value is -3.80. The number of nitrogens with zero attached hydrogens (tertiary/aromatic N) is 2. The highest BCUT2D eigenvalue weighted by Crippen LogP contribution is 2.28. The van der Waals surface area contributed by atoms with Crippen LogP contribution in [0, 0.1) is 21.4 Å². The topological polar surface area (TPSA) is 130 Å². The van der Waals surface area contributed by atoms with E-state index >= 15 is 0 Å². The molecule has 9 heteroatoms. The Kier molecular flexibility index (Phi) is 5.73. The number of anilines is 1. The highest BCUT2D eigenvalue weighted by molar-refractivity contribution is 5.97. The van der Waals surface area contributed by atoms with Crippen LogP contribution in [0.15, 0.2) is 52.8 Å². The Balaban J connectivity index is 2.12. The molecule has 0 spiro atoms. The molecule has 0 radical (unpaired) electrons. The quantitative estimate of drug-likeness (QED) is 0.342. The predicted octanol–water partition coefficient (Wildman–Crippen LogP) is 2.33. The van der Waals surface area contributed by atoms with E-state index in [1.54, 1.807) is 18.2 Å². The molecule has 0 bridgehead atoms. The molecule has 1 aromatic heterocycles. The lowest BCUT2D eigenvalue weighted by molar-refractivity contribution is -0.384. The van der Waals surface area contributed by atoms with E-state index < -0.39 is 10.8 Å². The second-order valence-electron chi connectivity index (χ2n) is 4.72. The van der Waals surface area contributed by atoms with Crippen molar-refractivity contribution in [3.8, 4) is 11.8 Å². The van der Waals surface area contributed by atoms with E-state index in [-0.39, 0.29) is 23.5 Å².